The number of hydrogen-bond donors (Lipinski definition) is 1. The summed E-state index contributed by atoms with van der Waals surface area (Å²) in [5, 5.41) is 0. The number of amides is 1. The summed E-state index contributed by atoms with van der Waals surface area (Å²) in [4.78, 5) is 42.2. The Balaban J connectivity index is 1.32. The van der Waals surface area contributed by atoms with Crippen molar-refractivity contribution in [2.45, 2.75) is 59.9 Å². The van der Waals surface area contributed by atoms with Crippen molar-refractivity contribution in [2.75, 3.05) is 62.2 Å². The predicted molar refractivity (Wildman–Crippen MR) is 150 cm³/mol. The Morgan fingerprint density at radius 3 is 2.38 bits per heavy atom. The van der Waals surface area contributed by atoms with Crippen molar-refractivity contribution in [3.8, 4) is 0 Å². The average molecular weight is 509 g/mol. The van der Waals surface area contributed by atoms with E-state index in [9.17, 15) is 9.59 Å². The van der Waals surface area contributed by atoms with E-state index in [2.05, 4.69) is 65.6 Å². The van der Waals surface area contributed by atoms with Gasteiger partial charge in [-0.3, -0.25) is 19.5 Å². The van der Waals surface area contributed by atoms with Crippen LogP contribution < -0.4 is 15.4 Å². The molecule has 0 saturated carbocycles. The normalized spacial score (nSPS) is 17.8. The van der Waals surface area contributed by atoms with Gasteiger partial charge in [-0.05, 0) is 43.9 Å². The Morgan fingerprint density at radius 1 is 1.00 bits per heavy atom. The number of piperazine rings is 2. The fourth-order valence-electron chi connectivity index (χ4n) is 5.53. The van der Waals surface area contributed by atoms with Crippen LogP contribution in [0.5, 0.6) is 0 Å². The van der Waals surface area contributed by atoms with Gasteiger partial charge in [-0.15, -0.1) is 0 Å². The fourth-order valence-corrected chi connectivity index (χ4v) is 5.53. The number of rotatable bonds is 9. The highest BCUT2D eigenvalue weighted by atomic mass is 16.2. The molecule has 4 rings (SSSR count). The van der Waals surface area contributed by atoms with E-state index in [1.165, 1.54) is 16.8 Å². The monoisotopic (exact) mass is 508 g/mol. The van der Waals surface area contributed by atoms with Crippen molar-refractivity contribution < 1.29 is 4.79 Å². The second kappa shape index (κ2) is 12.6. The molecule has 1 N–H and O–H groups in total. The molecule has 1 atom stereocenters. The zero-order valence-electron chi connectivity index (χ0n) is 23.1. The van der Waals surface area contributed by atoms with Gasteiger partial charge in [0.1, 0.15) is 0 Å². The third-order valence-electron chi connectivity index (χ3n) is 8.10. The molecule has 8 heteroatoms. The number of unbranched alkanes of at least 4 members (excludes halogenated alkanes) is 1. The highest BCUT2D eigenvalue weighted by Crippen LogP contribution is 2.24. The van der Waals surface area contributed by atoms with E-state index < -0.39 is 0 Å². The van der Waals surface area contributed by atoms with Gasteiger partial charge in [-0.25, -0.2) is 4.98 Å². The second-order valence-electron chi connectivity index (χ2n) is 10.6. The van der Waals surface area contributed by atoms with E-state index in [0.717, 1.165) is 57.6 Å². The van der Waals surface area contributed by atoms with Crippen LogP contribution in [-0.4, -0.2) is 78.0 Å². The summed E-state index contributed by atoms with van der Waals surface area (Å²) < 4.78 is 0. The first kappa shape index (κ1) is 27.2. The van der Waals surface area contributed by atoms with E-state index in [4.69, 9.17) is 4.98 Å². The molecule has 3 heterocycles. The maximum absolute atomic E-state index is 13.0. The predicted octanol–water partition coefficient (Wildman–Crippen LogP) is 3.57. The van der Waals surface area contributed by atoms with Crippen LogP contribution in [0, 0.1) is 19.8 Å². The summed E-state index contributed by atoms with van der Waals surface area (Å²) in [6.07, 6.45) is 4.09. The van der Waals surface area contributed by atoms with E-state index in [1.54, 1.807) is 6.07 Å². The van der Waals surface area contributed by atoms with Crippen LogP contribution in [0.2, 0.25) is 0 Å². The number of benzene rings is 1. The van der Waals surface area contributed by atoms with Crippen molar-refractivity contribution in [3.05, 3.63) is 51.4 Å². The first-order valence-electron chi connectivity index (χ1n) is 14.1. The highest BCUT2D eigenvalue weighted by Gasteiger charge is 2.27. The average Bonchev–Trinajstić information content (AvgIpc) is 2.91. The number of H-pyrrole nitrogens is 1. The SMILES string of the molecule is CCCC[C@H](CC)C(=O)N1CCN(c2nc(CN3CCN(c4cccc(C)c4C)CC3)cc(=O)[nH]2)CC1. The number of aryl methyl sites for hydroxylation is 1. The number of anilines is 2. The van der Waals surface area contributed by atoms with Crippen molar-refractivity contribution in [2.24, 2.45) is 5.92 Å². The number of nitrogens with one attached hydrogen (secondary N) is 1. The van der Waals surface area contributed by atoms with Gasteiger partial charge in [-0.1, -0.05) is 38.8 Å². The van der Waals surface area contributed by atoms with Crippen LogP contribution in [0.25, 0.3) is 0 Å². The van der Waals surface area contributed by atoms with Gasteiger partial charge < -0.3 is 14.7 Å². The van der Waals surface area contributed by atoms with Crippen molar-refractivity contribution in [1.29, 1.82) is 0 Å². The molecule has 1 amide bonds. The molecule has 1 aromatic carbocycles. The minimum atomic E-state index is -0.113. The Hall–Kier alpha value is -2.87. The van der Waals surface area contributed by atoms with E-state index in [1.807, 2.05) is 4.90 Å². The van der Waals surface area contributed by atoms with Gasteiger partial charge in [0.05, 0.1) is 5.69 Å². The van der Waals surface area contributed by atoms with E-state index >= 15 is 0 Å². The molecule has 2 aliphatic heterocycles. The highest BCUT2D eigenvalue weighted by molar-refractivity contribution is 5.79. The summed E-state index contributed by atoms with van der Waals surface area (Å²) in [6, 6.07) is 8.14. The lowest BCUT2D eigenvalue weighted by Gasteiger charge is -2.37. The Bertz CT molecular complexity index is 1100. The lowest BCUT2D eigenvalue weighted by atomic mass is 9.97. The summed E-state index contributed by atoms with van der Waals surface area (Å²) in [7, 11) is 0. The first-order chi connectivity index (χ1) is 17.9. The van der Waals surface area contributed by atoms with Gasteiger partial charge in [0.2, 0.25) is 11.9 Å². The molecule has 2 aromatic rings. The number of carbonyl (C=O) groups is 1. The molecular formula is C29H44N6O2. The molecule has 0 spiro atoms. The number of hydrogen-bond acceptors (Lipinski definition) is 6. The van der Waals surface area contributed by atoms with Crippen LogP contribution in [0.4, 0.5) is 11.6 Å². The molecule has 37 heavy (non-hydrogen) atoms. The lowest BCUT2D eigenvalue weighted by molar-refractivity contribution is -0.136. The molecular weight excluding hydrogens is 464 g/mol. The van der Waals surface area contributed by atoms with Crippen molar-refractivity contribution >= 4 is 17.5 Å². The van der Waals surface area contributed by atoms with E-state index in [0.29, 0.717) is 38.7 Å². The number of aromatic amines is 1. The smallest absolute Gasteiger partial charge is 0.252 e. The van der Waals surface area contributed by atoms with Gasteiger partial charge in [-0.2, -0.15) is 0 Å². The zero-order valence-corrected chi connectivity index (χ0v) is 23.1. The number of nitrogens with zero attached hydrogens (tertiary/aromatic N) is 5. The summed E-state index contributed by atoms with van der Waals surface area (Å²) in [6.45, 7) is 15.9. The minimum Gasteiger partial charge on any atom is -0.369 e. The van der Waals surface area contributed by atoms with Crippen LogP contribution in [0.3, 0.4) is 0 Å². The molecule has 0 radical (unpaired) electrons. The van der Waals surface area contributed by atoms with Crippen LogP contribution in [0.1, 0.15) is 56.4 Å². The van der Waals surface area contributed by atoms with Gasteiger partial charge in [0, 0.05) is 76.6 Å². The third kappa shape index (κ3) is 6.72. The van der Waals surface area contributed by atoms with Crippen molar-refractivity contribution in [3.63, 3.8) is 0 Å². The summed E-state index contributed by atoms with van der Waals surface area (Å²) >= 11 is 0. The quantitative estimate of drug-likeness (QED) is 0.558. The number of carbonyl (C=O) groups excluding carboxylic acids is 1. The van der Waals surface area contributed by atoms with E-state index in [-0.39, 0.29) is 17.4 Å². The van der Waals surface area contributed by atoms with Crippen LogP contribution >= 0.6 is 0 Å². The lowest BCUT2D eigenvalue weighted by Crippen LogP contribution is -2.51. The largest absolute Gasteiger partial charge is 0.369 e. The Kier molecular flexibility index (Phi) is 9.24. The van der Waals surface area contributed by atoms with Crippen LogP contribution in [-0.2, 0) is 11.3 Å². The van der Waals surface area contributed by atoms with Gasteiger partial charge in [0.25, 0.3) is 5.56 Å². The Labute approximate surface area is 221 Å². The Morgan fingerprint density at radius 2 is 1.70 bits per heavy atom. The first-order valence-corrected chi connectivity index (χ1v) is 14.1. The molecule has 0 unspecified atom stereocenters. The zero-order chi connectivity index (χ0) is 26.4. The molecule has 0 bridgehead atoms. The molecule has 0 aliphatic carbocycles. The minimum absolute atomic E-state index is 0.113. The molecule has 2 saturated heterocycles. The third-order valence-corrected chi connectivity index (χ3v) is 8.10. The standard InChI is InChI=1S/C29H44N6O2/c1-5-7-10-24(6-2)28(37)34-16-18-35(19-17-34)29-30-25(20-27(36)31-29)21-32-12-14-33(15-13-32)26-11-8-9-22(3)23(26)4/h8-9,11,20,24H,5-7,10,12-19,21H2,1-4H3,(H,30,31,36)/t24-/m0/s1. The fraction of sp³-hybridized carbons (Fsp3) is 0.621. The summed E-state index contributed by atoms with van der Waals surface area (Å²) in [5.41, 5.74) is 4.70. The van der Waals surface area contributed by atoms with Crippen molar-refractivity contribution in [1.82, 2.24) is 19.8 Å². The molecule has 8 nitrogen and oxygen atoms in total. The summed E-state index contributed by atoms with van der Waals surface area (Å²) in [5.74, 6) is 1.04. The molecule has 1 aromatic heterocycles. The number of aromatic nitrogens is 2. The molecule has 2 fully saturated rings. The van der Waals surface area contributed by atoms with Gasteiger partial charge in [0.15, 0.2) is 0 Å². The van der Waals surface area contributed by atoms with Gasteiger partial charge >= 0.3 is 0 Å². The molecule has 202 valence electrons. The second-order valence-corrected chi connectivity index (χ2v) is 10.6. The van der Waals surface area contributed by atoms with Crippen LogP contribution in [0.15, 0.2) is 29.1 Å². The maximum atomic E-state index is 13.0. The topological polar surface area (TPSA) is 75.8 Å². The maximum Gasteiger partial charge on any atom is 0.252 e. The molecule has 2 aliphatic rings.